The van der Waals surface area contributed by atoms with Gasteiger partial charge in [0.05, 0.1) is 55.5 Å². The van der Waals surface area contributed by atoms with Crippen molar-refractivity contribution in [2.24, 2.45) is 0 Å². The third-order valence-corrected chi connectivity index (χ3v) is 16.4. The Morgan fingerprint density at radius 1 is 0.714 bits per heavy atom. The number of fused-ring (bicyclic) bond motifs is 10. The molecule has 1 aromatic carbocycles. The van der Waals surface area contributed by atoms with Crippen LogP contribution in [0.15, 0.2) is 21.7 Å². The van der Waals surface area contributed by atoms with E-state index >= 15 is 0 Å². The minimum absolute atomic E-state index is 0.0753. The summed E-state index contributed by atoms with van der Waals surface area (Å²) in [6.45, 7) is 19.4. The van der Waals surface area contributed by atoms with Crippen LogP contribution in [0.3, 0.4) is 0 Å². The third-order valence-electron chi connectivity index (χ3n) is 12.1. The van der Waals surface area contributed by atoms with Crippen LogP contribution in [0.5, 0.6) is 0 Å². The van der Waals surface area contributed by atoms with Crippen LogP contribution in [0.25, 0.3) is 54.1 Å². The molecular weight excluding hydrogens is 777 g/mol. The largest absolute Gasteiger partial charge is 0.307 e. The van der Waals surface area contributed by atoms with Crippen molar-refractivity contribution in [3.63, 3.8) is 0 Å². The van der Waals surface area contributed by atoms with Crippen LogP contribution in [0.1, 0.15) is 111 Å². The first-order chi connectivity index (χ1) is 27.2. The fourth-order valence-electron chi connectivity index (χ4n) is 9.59. The number of hydrogen-bond acceptors (Lipinski definition) is 10. The number of rotatable bonds is 4. The number of thiazole rings is 4. The minimum atomic E-state index is -0.227. The van der Waals surface area contributed by atoms with Crippen LogP contribution in [0.4, 0.5) is 0 Å². The number of benzene rings is 1. The Labute approximate surface area is 338 Å². The lowest BCUT2D eigenvalue weighted by Crippen LogP contribution is -2.31. The van der Waals surface area contributed by atoms with Gasteiger partial charge in [-0.05, 0) is 86.1 Å². The summed E-state index contributed by atoms with van der Waals surface area (Å²) in [4.78, 5) is 46.7. The topological polar surface area (TPSA) is 126 Å². The fourth-order valence-corrected chi connectivity index (χ4v) is 14.2. The zero-order chi connectivity index (χ0) is 38.9. The van der Waals surface area contributed by atoms with Gasteiger partial charge >= 0.3 is 0 Å². The first-order valence-electron chi connectivity index (χ1n) is 18.9. The molecule has 4 aliphatic carbocycles. The second-order valence-corrected chi connectivity index (χ2v) is 18.9. The van der Waals surface area contributed by atoms with E-state index in [-0.39, 0.29) is 33.3 Å². The van der Waals surface area contributed by atoms with Gasteiger partial charge in [-0.3, -0.25) is 9.59 Å². The Kier molecular flexibility index (Phi) is 8.95. The molecule has 278 valence electrons. The van der Waals surface area contributed by atoms with Crippen LogP contribution in [0.2, 0.25) is 0 Å². The lowest BCUT2D eigenvalue weighted by molar-refractivity contribution is 0.343. The molecule has 2 fully saturated rings. The first kappa shape index (κ1) is 36.4. The van der Waals surface area contributed by atoms with Crippen molar-refractivity contribution >= 4 is 68.9 Å². The third kappa shape index (κ3) is 5.17. The summed E-state index contributed by atoms with van der Waals surface area (Å²) < 4.78 is 4.74. The van der Waals surface area contributed by atoms with Crippen molar-refractivity contribution in [2.45, 2.75) is 102 Å². The molecule has 0 bridgehead atoms. The summed E-state index contributed by atoms with van der Waals surface area (Å²) in [5.74, 6) is 0. The maximum absolute atomic E-state index is 13.5. The van der Waals surface area contributed by atoms with Gasteiger partial charge in [-0.25, -0.2) is 30.2 Å². The zero-order valence-electron chi connectivity index (χ0n) is 30.8. The Bertz CT molecular complexity index is 2830. The van der Waals surface area contributed by atoms with Gasteiger partial charge < -0.3 is 9.13 Å². The summed E-state index contributed by atoms with van der Waals surface area (Å²) in [5, 5.41) is 20.7. The number of nitrogens with zero attached hydrogens (tertiary/aromatic N) is 8. The Hall–Kier alpha value is -5.22. The predicted octanol–water partition coefficient (Wildman–Crippen LogP) is 6.31. The molecule has 0 aliphatic heterocycles. The van der Waals surface area contributed by atoms with E-state index < -0.39 is 0 Å². The molecule has 14 heteroatoms. The standard InChI is InChI=1S/C42H34N8O2S4/c1-5-49-37(51)29(53-39(49)27(21-43)45-3)19-31-47-35-33(55-31)23-17-26-24(18-25(23)41(35)13-9-7-10-14-41)34-36(42(26)15-11-8-12-16-42)48-32(56-34)20-30-38(52)50(6-2)40(54-30)28(22-44)46-4/h17-20H,5-16H2,1-2H3/b29-19-,30-20-,39-27-,40-28+. The van der Waals surface area contributed by atoms with E-state index in [4.69, 9.17) is 23.1 Å². The van der Waals surface area contributed by atoms with E-state index in [9.17, 15) is 20.1 Å². The van der Waals surface area contributed by atoms with Gasteiger partial charge in [-0.1, -0.05) is 38.5 Å². The fraction of sp³-hybridized carbons (Fsp3) is 0.381. The van der Waals surface area contributed by atoms with E-state index in [2.05, 4.69) is 21.8 Å². The molecule has 0 unspecified atom stereocenters. The number of nitriles is 2. The molecule has 0 radical (unpaired) electrons. The van der Waals surface area contributed by atoms with Gasteiger partial charge in [0, 0.05) is 23.9 Å². The van der Waals surface area contributed by atoms with Crippen LogP contribution < -0.4 is 29.5 Å². The molecule has 0 N–H and O–H groups in total. The lowest BCUT2D eigenvalue weighted by atomic mass is 9.67. The Morgan fingerprint density at radius 2 is 1.11 bits per heavy atom. The van der Waals surface area contributed by atoms with Crippen molar-refractivity contribution in [3.8, 4) is 33.0 Å². The summed E-state index contributed by atoms with van der Waals surface area (Å²) in [6.07, 6.45) is 14.5. The van der Waals surface area contributed by atoms with E-state index in [1.54, 1.807) is 22.7 Å². The molecule has 2 spiro atoms. The highest BCUT2D eigenvalue weighted by atomic mass is 32.1. The number of hydrogen-bond donors (Lipinski definition) is 0. The molecule has 4 aliphatic rings. The SMILES string of the molecule is [C-]#[N+]/C(C#N)=c1\s/c(=C\c2nc3c(s2)-c2cc4c(cc2C32CCCCC2)-c2sc(/C=c3\s/c(=C(\C#N)[N+]#[C-])n(CC)c3=O)nc2C42CCCCC2)c(=O)n1CC. The van der Waals surface area contributed by atoms with Gasteiger partial charge in [-0.2, -0.15) is 0 Å². The average molecular weight is 811 g/mol. The van der Waals surface area contributed by atoms with Gasteiger partial charge in [0.25, 0.3) is 22.5 Å². The molecule has 0 amide bonds. The van der Waals surface area contributed by atoms with Crippen LogP contribution in [-0.2, 0) is 23.9 Å². The molecule has 0 saturated heterocycles. The van der Waals surface area contributed by atoms with Crippen molar-refractivity contribution < 1.29 is 0 Å². The Balaban J connectivity index is 1.23. The maximum atomic E-state index is 13.5. The molecule has 10 nitrogen and oxygen atoms in total. The quantitative estimate of drug-likeness (QED) is 0.196. The highest BCUT2D eigenvalue weighted by Gasteiger charge is 2.51. The molecular formula is C42H34N8O2S4. The van der Waals surface area contributed by atoms with Crippen LogP contribution >= 0.6 is 45.3 Å². The highest BCUT2D eigenvalue weighted by molar-refractivity contribution is 7.17. The molecule has 56 heavy (non-hydrogen) atoms. The second kappa shape index (κ2) is 13.8. The second-order valence-electron chi connectivity index (χ2n) is 14.8. The van der Waals surface area contributed by atoms with Crippen molar-refractivity contribution in [1.82, 2.24) is 19.1 Å². The van der Waals surface area contributed by atoms with Crippen LogP contribution in [0, 0.1) is 35.8 Å². The molecule has 9 rings (SSSR count). The highest BCUT2D eigenvalue weighted by Crippen LogP contribution is 2.63. The molecule has 4 heterocycles. The minimum Gasteiger partial charge on any atom is -0.307 e. The van der Waals surface area contributed by atoms with Gasteiger partial charge in [0.2, 0.25) is 0 Å². The van der Waals surface area contributed by atoms with E-state index in [1.807, 2.05) is 38.1 Å². The van der Waals surface area contributed by atoms with E-state index in [0.29, 0.717) is 31.5 Å². The molecule has 4 aromatic heterocycles. The zero-order valence-corrected chi connectivity index (χ0v) is 34.1. The van der Waals surface area contributed by atoms with E-state index in [1.165, 1.54) is 76.7 Å². The predicted molar refractivity (Wildman–Crippen MR) is 222 cm³/mol. The monoisotopic (exact) mass is 810 g/mol. The molecule has 0 atom stereocenters. The normalized spacial score (nSPS) is 18.8. The van der Waals surface area contributed by atoms with Crippen molar-refractivity contribution in [3.05, 3.63) is 107 Å². The maximum Gasteiger partial charge on any atom is 0.294 e. The average Bonchev–Trinajstić information content (AvgIpc) is 4.05. The van der Waals surface area contributed by atoms with Crippen LogP contribution in [-0.4, -0.2) is 19.1 Å². The molecule has 5 aromatic rings. The Morgan fingerprint density at radius 3 is 1.45 bits per heavy atom. The summed E-state index contributed by atoms with van der Waals surface area (Å²) >= 11 is 5.63. The summed E-state index contributed by atoms with van der Waals surface area (Å²) in [7, 11) is 0. The summed E-state index contributed by atoms with van der Waals surface area (Å²) in [5.41, 5.74) is 6.35. The van der Waals surface area contributed by atoms with Gasteiger partial charge in [-0.15, -0.1) is 45.3 Å². The van der Waals surface area contributed by atoms with E-state index in [0.717, 1.165) is 72.8 Å². The molecule has 2 saturated carbocycles. The smallest absolute Gasteiger partial charge is 0.294 e. The lowest BCUT2D eigenvalue weighted by Gasteiger charge is -2.36. The van der Waals surface area contributed by atoms with Gasteiger partial charge in [0.15, 0.2) is 0 Å². The summed E-state index contributed by atoms with van der Waals surface area (Å²) in [6, 6.07) is 8.81. The van der Waals surface area contributed by atoms with Crippen molar-refractivity contribution in [1.29, 1.82) is 10.5 Å². The number of aromatic nitrogens is 4. The van der Waals surface area contributed by atoms with Gasteiger partial charge in [0.1, 0.15) is 19.3 Å². The van der Waals surface area contributed by atoms with Crippen molar-refractivity contribution in [2.75, 3.05) is 0 Å². The first-order valence-corrected chi connectivity index (χ1v) is 22.2.